The number of aromatic nitrogens is 2. The predicted octanol–water partition coefficient (Wildman–Crippen LogP) is 5.16. The summed E-state index contributed by atoms with van der Waals surface area (Å²) in [5.74, 6) is 2.87. The van der Waals surface area contributed by atoms with Crippen LogP contribution in [0.2, 0.25) is 0 Å². The second kappa shape index (κ2) is 9.07. The average Bonchev–Trinajstić information content (AvgIpc) is 2.75. The Balaban J connectivity index is 1.66. The molecule has 0 radical (unpaired) electrons. The van der Waals surface area contributed by atoms with E-state index in [1.165, 1.54) is 17.8 Å². The molecule has 3 aromatic carbocycles. The second-order valence-corrected chi connectivity index (χ2v) is 8.17. The van der Waals surface area contributed by atoms with Crippen molar-refractivity contribution in [3.63, 3.8) is 0 Å². The van der Waals surface area contributed by atoms with Crippen molar-refractivity contribution in [2.45, 2.75) is 23.3 Å². The third kappa shape index (κ3) is 4.62. The SMILES string of the molecule is C#CCN(Cc1cccc2nc(C)[nH]c(=O)c12)c1ccc(Sc2ccccc2)c(F)c1. The number of hydrogen-bond donors (Lipinski definition) is 1. The number of nitrogens with zero attached hydrogens (tertiary/aromatic N) is 2. The van der Waals surface area contributed by atoms with Crippen molar-refractivity contribution in [2.75, 3.05) is 11.4 Å². The molecule has 1 N–H and O–H groups in total. The molecule has 1 heterocycles. The van der Waals surface area contributed by atoms with Gasteiger partial charge in [0.25, 0.3) is 5.56 Å². The van der Waals surface area contributed by atoms with E-state index in [1.54, 1.807) is 13.0 Å². The van der Waals surface area contributed by atoms with Gasteiger partial charge >= 0.3 is 0 Å². The maximum absolute atomic E-state index is 14.9. The fourth-order valence-corrected chi connectivity index (χ4v) is 4.29. The molecule has 0 spiro atoms. The van der Waals surface area contributed by atoms with Crippen molar-refractivity contribution >= 4 is 28.4 Å². The van der Waals surface area contributed by atoms with Crippen molar-refractivity contribution in [1.29, 1.82) is 0 Å². The average molecular weight is 430 g/mol. The fraction of sp³-hybridized carbons (Fsp3) is 0.120. The molecule has 6 heteroatoms. The van der Waals surface area contributed by atoms with E-state index >= 15 is 0 Å². The topological polar surface area (TPSA) is 49.0 Å². The van der Waals surface area contributed by atoms with Crippen LogP contribution >= 0.6 is 11.8 Å². The van der Waals surface area contributed by atoms with Gasteiger partial charge in [0.2, 0.25) is 0 Å². The largest absolute Gasteiger partial charge is 0.356 e. The molecule has 4 aromatic rings. The molecule has 0 saturated heterocycles. The maximum Gasteiger partial charge on any atom is 0.259 e. The first-order valence-electron chi connectivity index (χ1n) is 9.74. The molecule has 0 amide bonds. The van der Waals surface area contributed by atoms with E-state index in [4.69, 9.17) is 6.42 Å². The summed E-state index contributed by atoms with van der Waals surface area (Å²) >= 11 is 1.37. The summed E-state index contributed by atoms with van der Waals surface area (Å²) in [7, 11) is 0. The number of fused-ring (bicyclic) bond motifs is 1. The minimum Gasteiger partial charge on any atom is -0.356 e. The molecule has 0 aliphatic rings. The zero-order valence-corrected chi connectivity index (χ0v) is 17.7. The standard InChI is InChI=1S/C25H20FN3OS/c1-3-14-29(16-18-8-7-11-22-24(18)25(30)28-17(2)27-22)19-12-13-23(21(26)15-19)31-20-9-5-4-6-10-20/h1,4-13,15H,14,16H2,2H3,(H,27,28,30). The minimum absolute atomic E-state index is 0.195. The molecule has 31 heavy (non-hydrogen) atoms. The number of H-pyrrole nitrogens is 1. The Labute approximate surface area is 184 Å². The van der Waals surface area contributed by atoms with Gasteiger partial charge in [-0.2, -0.15) is 0 Å². The molecular weight excluding hydrogens is 409 g/mol. The third-order valence-electron chi connectivity index (χ3n) is 4.83. The highest BCUT2D eigenvalue weighted by Gasteiger charge is 2.14. The number of nitrogens with one attached hydrogen (secondary N) is 1. The van der Waals surface area contributed by atoms with Gasteiger partial charge in [-0.3, -0.25) is 4.79 Å². The van der Waals surface area contributed by atoms with Crippen LogP contribution in [-0.2, 0) is 6.54 Å². The van der Waals surface area contributed by atoms with Crippen LogP contribution in [0.1, 0.15) is 11.4 Å². The van der Waals surface area contributed by atoms with Crippen LogP contribution in [-0.4, -0.2) is 16.5 Å². The Morgan fingerprint density at radius 2 is 1.94 bits per heavy atom. The third-order valence-corrected chi connectivity index (χ3v) is 5.89. The van der Waals surface area contributed by atoms with Gasteiger partial charge < -0.3 is 9.88 Å². The maximum atomic E-state index is 14.9. The first kappa shape index (κ1) is 20.7. The highest BCUT2D eigenvalue weighted by atomic mass is 32.2. The monoisotopic (exact) mass is 429 g/mol. The lowest BCUT2D eigenvalue weighted by molar-refractivity contribution is 0.601. The Hall–Kier alpha value is -3.56. The first-order chi connectivity index (χ1) is 15.0. The van der Waals surface area contributed by atoms with Crippen LogP contribution in [0, 0.1) is 25.1 Å². The molecule has 0 aliphatic carbocycles. The molecule has 4 nitrogen and oxygen atoms in total. The van der Waals surface area contributed by atoms with Crippen molar-refractivity contribution < 1.29 is 4.39 Å². The number of hydrogen-bond acceptors (Lipinski definition) is 4. The number of anilines is 1. The van der Waals surface area contributed by atoms with Gasteiger partial charge in [0.1, 0.15) is 11.6 Å². The van der Waals surface area contributed by atoms with Crippen LogP contribution in [0.3, 0.4) is 0 Å². The van der Waals surface area contributed by atoms with Gasteiger partial charge in [-0.05, 0) is 48.9 Å². The van der Waals surface area contributed by atoms with Gasteiger partial charge in [-0.1, -0.05) is 48.0 Å². The van der Waals surface area contributed by atoms with Crippen molar-refractivity contribution in [3.8, 4) is 12.3 Å². The molecule has 4 rings (SSSR count). The van der Waals surface area contributed by atoms with Gasteiger partial charge in [-0.25, -0.2) is 9.37 Å². The lowest BCUT2D eigenvalue weighted by atomic mass is 10.1. The van der Waals surface area contributed by atoms with Crippen LogP contribution in [0.5, 0.6) is 0 Å². The van der Waals surface area contributed by atoms with Crippen molar-refractivity contribution in [3.05, 3.63) is 94.3 Å². The smallest absolute Gasteiger partial charge is 0.259 e. The Morgan fingerprint density at radius 3 is 2.68 bits per heavy atom. The van der Waals surface area contributed by atoms with E-state index in [1.807, 2.05) is 59.5 Å². The van der Waals surface area contributed by atoms with E-state index in [-0.39, 0.29) is 17.9 Å². The van der Waals surface area contributed by atoms with Gasteiger partial charge in [-0.15, -0.1) is 6.42 Å². The normalized spacial score (nSPS) is 10.7. The zero-order valence-electron chi connectivity index (χ0n) is 16.9. The van der Waals surface area contributed by atoms with Crippen LogP contribution in [0.4, 0.5) is 10.1 Å². The van der Waals surface area contributed by atoms with E-state index < -0.39 is 0 Å². The summed E-state index contributed by atoms with van der Waals surface area (Å²) in [6.07, 6.45) is 5.58. The molecule has 0 atom stereocenters. The lowest BCUT2D eigenvalue weighted by Gasteiger charge is -2.23. The number of aryl methyl sites for hydroxylation is 1. The summed E-state index contributed by atoms with van der Waals surface area (Å²) in [5, 5.41) is 0.520. The quantitative estimate of drug-likeness (QED) is 0.430. The predicted molar refractivity (Wildman–Crippen MR) is 124 cm³/mol. The fourth-order valence-electron chi connectivity index (χ4n) is 3.45. The summed E-state index contributed by atoms with van der Waals surface area (Å²) in [6.45, 7) is 2.38. The van der Waals surface area contributed by atoms with E-state index in [9.17, 15) is 9.18 Å². The molecular formula is C25H20FN3OS. The van der Waals surface area contributed by atoms with E-state index in [2.05, 4.69) is 15.9 Å². The van der Waals surface area contributed by atoms with E-state index in [0.29, 0.717) is 33.9 Å². The number of benzene rings is 3. The van der Waals surface area contributed by atoms with Crippen LogP contribution in [0.25, 0.3) is 10.9 Å². The molecule has 0 fully saturated rings. The Bertz CT molecular complexity index is 1330. The molecule has 0 aliphatic heterocycles. The van der Waals surface area contributed by atoms with E-state index in [0.717, 1.165) is 10.5 Å². The number of terminal acetylenes is 1. The summed E-state index contributed by atoms with van der Waals surface area (Å²) in [6, 6.07) is 20.3. The Kier molecular flexibility index (Phi) is 6.06. The van der Waals surface area contributed by atoms with Crippen molar-refractivity contribution in [2.24, 2.45) is 0 Å². The summed E-state index contributed by atoms with van der Waals surface area (Å²) < 4.78 is 14.9. The highest BCUT2D eigenvalue weighted by molar-refractivity contribution is 7.99. The van der Waals surface area contributed by atoms with Gasteiger partial charge in [0.15, 0.2) is 0 Å². The molecule has 154 valence electrons. The van der Waals surface area contributed by atoms with Crippen LogP contribution < -0.4 is 10.5 Å². The molecule has 1 aromatic heterocycles. The van der Waals surface area contributed by atoms with Gasteiger partial charge in [0.05, 0.1) is 17.4 Å². The minimum atomic E-state index is -0.318. The van der Waals surface area contributed by atoms with Crippen LogP contribution in [0.15, 0.2) is 81.3 Å². The molecule has 0 unspecified atom stereocenters. The van der Waals surface area contributed by atoms with Gasteiger partial charge in [0, 0.05) is 22.0 Å². The molecule has 0 saturated carbocycles. The Morgan fingerprint density at radius 1 is 1.13 bits per heavy atom. The molecule has 0 bridgehead atoms. The first-order valence-corrected chi connectivity index (χ1v) is 10.6. The summed E-state index contributed by atoms with van der Waals surface area (Å²) in [5.41, 5.74) is 1.87. The lowest BCUT2D eigenvalue weighted by Crippen LogP contribution is -2.24. The summed E-state index contributed by atoms with van der Waals surface area (Å²) in [4.78, 5) is 23.1. The number of halogens is 1. The number of rotatable bonds is 6. The zero-order chi connectivity index (χ0) is 21.8. The van der Waals surface area contributed by atoms with Crippen molar-refractivity contribution in [1.82, 2.24) is 9.97 Å². The highest BCUT2D eigenvalue weighted by Crippen LogP contribution is 2.32. The number of aromatic amines is 1. The second-order valence-electron chi connectivity index (χ2n) is 7.05.